The van der Waals surface area contributed by atoms with E-state index >= 15 is 0 Å². The highest BCUT2D eigenvalue weighted by Crippen LogP contribution is 2.39. The van der Waals surface area contributed by atoms with Gasteiger partial charge in [-0.1, -0.05) is 35.8 Å². The Kier molecular flexibility index (Phi) is 5.05. The van der Waals surface area contributed by atoms with Crippen LogP contribution in [-0.2, 0) is 0 Å². The molecule has 164 valence electrons. The molecule has 1 fully saturated rings. The average Bonchev–Trinajstić information content (AvgIpc) is 3.51. The van der Waals surface area contributed by atoms with Gasteiger partial charge < -0.3 is 20.1 Å². The number of anilines is 2. The fourth-order valence-corrected chi connectivity index (χ4v) is 4.26. The van der Waals surface area contributed by atoms with Crippen LogP contribution in [0.25, 0.3) is 22.2 Å². The van der Waals surface area contributed by atoms with Crippen molar-refractivity contribution in [2.75, 3.05) is 11.1 Å². The van der Waals surface area contributed by atoms with E-state index in [4.69, 9.17) is 21.9 Å². The van der Waals surface area contributed by atoms with E-state index in [-0.39, 0.29) is 29.4 Å². The van der Waals surface area contributed by atoms with Crippen molar-refractivity contribution < 1.29 is 4.52 Å². The molecule has 0 aliphatic heterocycles. The van der Waals surface area contributed by atoms with Crippen molar-refractivity contribution >= 4 is 34.0 Å². The quantitative estimate of drug-likeness (QED) is 0.445. The van der Waals surface area contributed by atoms with E-state index in [1.54, 1.807) is 13.0 Å². The molecule has 0 spiro atoms. The summed E-state index contributed by atoms with van der Waals surface area (Å²) in [5.74, 6) is 1.41. The summed E-state index contributed by atoms with van der Waals surface area (Å²) < 4.78 is 7.20. The first-order valence-electron chi connectivity index (χ1n) is 10.5. The van der Waals surface area contributed by atoms with Gasteiger partial charge in [-0.15, -0.1) is 0 Å². The molecular formula is C22H22ClN7O2. The number of pyridine rings is 1. The zero-order valence-electron chi connectivity index (χ0n) is 17.7. The second-order valence-corrected chi connectivity index (χ2v) is 8.32. The van der Waals surface area contributed by atoms with Crippen LogP contribution in [0.1, 0.15) is 49.8 Å². The number of benzene rings is 1. The summed E-state index contributed by atoms with van der Waals surface area (Å²) in [5, 5.41) is 9.11. The van der Waals surface area contributed by atoms with Crippen LogP contribution in [0.5, 0.6) is 0 Å². The summed E-state index contributed by atoms with van der Waals surface area (Å²) >= 11 is 6.38. The molecular weight excluding hydrogens is 430 g/mol. The maximum Gasteiger partial charge on any atom is 0.265 e. The summed E-state index contributed by atoms with van der Waals surface area (Å²) in [6, 6.07) is 7.49. The highest BCUT2D eigenvalue weighted by atomic mass is 35.5. The number of nitrogen functional groups attached to an aromatic ring is 1. The lowest BCUT2D eigenvalue weighted by molar-refractivity contribution is 0.425. The Hall–Kier alpha value is -3.46. The fraction of sp³-hybridized carbons (Fsp3) is 0.318. The summed E-state index contributed by atoms with van der Waals surface area (Å²) in [5.41, 5.74) is 7.38. The number of nitrogens with one attached hydrogen (secondary N) is 1. The molecule has 0 bridgehead atoms. The van der Waals surface area contributed by atoms with Crippen molar-refractivity contribution in [2.24, 2.45) is 0 Å². The number of fused-ring (bicyclic) bond motifs is 1. The molecule has 0 radical (unpaired) electrons. The maximum absolute atomic E-state index is 13.4. The molecule has 1 aromatic carbocycles. The molecule has 0 amide bonds. The van der Waals surface area contributed by atoms with E-state index in [9.17, 15) is 4.79 Å². The minimum atomic E-state index is -0.219. The maximum atomic E-state index is 13.4. The normalized spacial score (nSPS) is 14.6. The lowest BCUT2D eigenvalue weighted by Gasteiger charge is -2.24. The smallest absolute Gasteiger partial charge is 0.265 e. The van der Waals surface area contributed by atoms with Gasteiger partial charge in [0.15, 0.2) is 5.82 Å². The minimum absolute atomic E-state index is 0.0687. The number of nitrogens with zero attached hydrogens (tertiary/aromatic N) is 5. The largest absolute Gasteiger partial charge is 0.383 e. The van der Waals surface area contributed by atoms with Gasteiger partial charge in [0, 0.05) is 11.7 Å². The molecule has 10 heteroatoms. The van der Waals surface area contributed by atoms with Gasteiger partial charge >= 0.3 is 0 Å². The summed E-state index contributed by atoms with van der Waals surface area (Å²) in [6.07, 6.45) is 4.01. The number of hydrogen-bond donors (Lipinski definition) is 2. The van der Waals surface area contributed by atoms with Crippen LogP contribution in [0.3, 0.4) is 0 Å². The van der Waals surface area contributed by atoms with Gasteiger partial charge in [-0.3, -0.25) is 4.79 Å². The van der Waals surface area contributed by atoms with Crippen molar-refractivity contribution in [3.63, 3.8) is 0 Å². The predicted molar refractivity (Wildman–Crippen MR) is 123 cm³/mol. The third kappa shape index (κ3) is 3.48. The van der Waals surface area contributed by atoms with Gasteiger partial charge in [0.05, 0.1) is 16.5 Å². The van der Waals surface area contributed by atoms with Crippen molar-refractivity contribution in [2.45, 2.75) is 45.2 Å². The van der Waals surface area contributed by atoms with Crippen LogP contribution < -0.4 is 16.6 Å². The molecule has 1 aliphatic carbocycles. The van der Waals surface area contributed by atoms with E-state index in [2.05, 4.69) is 25.4 Å². The van der Waals surface area contributed by atoms with E-state index < -0.39 is 0 Å². The molecule has 3 heterocycles. The monoisotopic (exact) mass is 451 g/mol. The summed E-state index contributed by atoms with van der Waals surface area (Å²) in [4.78, 5) is 26.2. The molecule has 1 saturated carbocycles. The highest BCUT2D eigenvalue weighted by molar-refractivity contribution is 6.35. The molecule has 4 aromatic rings. The second-order valence-electron chi connectivity index (χ2n) is 7.91. The molecule has 3 aromatic heterocycles. The Balaban J connectivity index is 1.64. The third-order valence-electron chi connectivity index (χ3n) is 5.67. The minimum Gasteiger partial charge on any atom is -0.383 e. The van der Waals surface area contributed by atoms with Crippen LogP contribution in [0.2, 0.25) is 5.02 Å². The number of halogens is 1. The highest BCUT2D eigenvalue weighted by Gasteiger charge is 2.31. The Bertz CT molecular complexity index is 1380. The fourth-order valence-electron chi connectivity index (χ4n) is 4.00. The zero-order chi connectivity index (χ0) is 22.4. The number of nitrogens with two attached hydrogens (primary N) is 1. The Morgan fingerprint density at radius 2 is 2.16 bits per heavy atom. The van der Waals surface area contributed by atoms with Crippen molar-refractivity contribution in [1.29, 1.82) is 0 Å². The molecule has 9 nitrogen and oxygen atoms in total. The van der Waals surface area contributed by atoms with Crippen LogP contribution in [-0.4, -0.2) is 24.7 Å². The van der Waals surface area contributed by atoms with Gasteiger partial charge in [-0.25, -0.2) is 9.97 Å². The molecule has 0 saturated heterocycles. The van der Waals surface area contributed by atoms with Crippen LogP contribution >= 0.6 is 11.6 Å². The first-order valence-corrected chi connectivity index (χ1v) is 10.9. The number of hydrogen-bond acceptors (Lipinski definition) is 8. The van der Waals surface area contributed by atoms with E-state index in [1.165, 1.54) is 6.33 Å². The second kappa shape index (κ2) is 7.90. The molecule has 1 unspecified atom stereocenters. The first-order chi connectivity index (χ1) is 15.5. The predicted octanol–water partition coefficient (Wildman–Crippen LogP) is 4.28. The Morgan fingerprint density at radius 1 is 1.34 bits per heavy atom. The molecule has 32 heavy (non-hydrogen) atoms. The van der Waals surface area contributed by atoms with Gasteiger partial charge in [0.25, 0.3) is 11.4 Å². The molecule has 3 N–H and O–H groups in total. The van der Waals surface area contributed by atoms with E-state index in [0.717, 1.165) is 23.9 Å². The number of aryl methyl sites for hydroxylation is 1. The zero-order valence-corrected chi connectivity index (χ0v) is 18.4. The van der Waals surface area contributed by atoms with Gasteiger partial charge in [-0.05, 0) is 43.7 Å². The Morgan fingerprint density at radius 3 is 2.84 bits per heavy atom. The van der Waals surface area contributed by atoms with Gasteiger partial charge in [-0.2, -0.15) is 4.98 Å². The number of aromatic nitrogens is 5. The van der Waals surface area contributed by atoms with Crippen molar-refractivity contribution in [3.8, 4) is 11.5 Å². The van der Waals surface area contributed by atoms with Crippen molar-refractivity contribution in [3.05, 3.63) is 57.5 Å². The van der Waals surface area contributed by atoms with Crippen LogP contribution in [0.15, 0.2) is 39.9 Å². The van der Waals surface area contributed by atoms with E-state index in [1.807, 2.05) is 29.7 Å². The Labute approximate surface area is 188 Å². The lowest BCUT2D eigenvalue weighted by Crippen LogP contribution is -2.27. The first kappa shape index (κ1) is 20.4. The van der Waals surface area contributed by atoms with Gasteiger partial charge in [0.1, 0.15) is 23.5 Å². The summed E-state index contributed by atoms with van der Waals surface area (Å²) in [6.45, 7) is 3.77. The SMILES string of the molecule is CCC(Nc1ncnc(N)c1-c1nc(C)no1)c1cc2cccc(Cl)c2c(=O)n1C1CC1. The molecule has 1 atom stereocenters. The van der Waals surface area contributed by atoms with Crippen LogP contribution in [0.4, 0.5) is 11.6 Å². The molecule has 5 rings (SSSR count). The van der Waals surface area contributed by atoms with Crippen molar-refractivity contribution in [1.82, 2.24) is 24.7 Å². The van der Waals surface area contributed by atoms with Crippen LogP contribution in [0, 0.1) is 6.92 Å². The molecule has 1 aliphatic rings. The lowest BCUT2D eigenvalue weighted by atomic mass is 10.0. The standard InChI is InChI=1S/C22H22ClN7O2/c1-3-15(28-20-18(19(24)25-10-26-20)21-27-11(2)29-32-21)16-9-12-5-4-6-14(23)17(12)22(31)30(16)13-7-8-13/h4-6,9-10,13,15H,3,7-8H2,1-2H3,(H3,24,25,26,28). The number of rotatable bonds is 6. The topological polar surface area (TPSA) is 125 Å². The average molecular weight is 452 g/mol. The van der Waals surface area contributed by atoms with E-state index in [0.29, 0.717) is 34.0 Å². The van der Waals surface area contributed by atoms with Gasteiger partial charge in [0.2, 0.25) is 0 Å². The summed E-state index contributed by atoms with van der Waals surface area (Å²) in [7, 11) is 0. The third-order valence-corrected chi connectivity index (χ3v) is 5.98.